The van der Waals surface area contributed by atoms with Gasteiger partial charge in [0.1, 0.15) is 0 Å². The molecule has 4 heteroatoms. The van der Waals surface area contributed by atoms with Gasteiger partial charge in [0.25, 0.3) is 0 Å². The SMILES string of the molecule is Cn1nc(CC2(CO)CCNCC2)c2ccccc21. The molecular weight excluding hydrogens is 238 g/mol. The Morgan fingerprint density at radius 1 is 1.32 bits per heavy atom. The highest BCUT2D eigenvalue weighted by Gasteiger charge is 2.33. The molecule has 0 atom stereocenters. The first-order valence-electron chi connectivity index (χ1n) is 6.96. The lowest BCUT2D eigenvalue weighted by Crippen LogP contribution is -2.40. The number of aliphatic hydroxyl groups excluding tert-OH is 1. The molecule has 3 rings (SSSR count). The van der Waals surface area contributed by atoms with Gasteiger partial charge in [-0.2, -0.15) is 5.10 Å². The molecule has 0 bridgehead atoms. The molecule has 0 spiro atoms. The van der Waals surface area contributed by atoms with Crippen molar-refractivity contribution < 1.29 is 5.11 Å². The van der Waals surface area contributed by atoms with Crippen LogP contribution in [0.1, 0.15) is 18.5 Å². The van der Waals surface area contributed by atoms with Crippen molar-refractivity contribution in [3.63, 3.8) is 0 Å². The first-order chi connectivity index (χ1) is 9.24. The summed E-state index contributed by atoms with van der Waals surface area (Å²) in [6.45, 7) is 2.23. The van der Waals surface area contributed by atoms with Crippen molar-refractivity contribution in [2.75, 3.05) is 19.7 Å². The molecule has 2 N–H and O–H groups in total. The third-order valence-corrected chi connectivity index (χ3v) is 4.38. The van der Waals surface area contributed by atoms with Crippen molar-refractivity contribution in [3.8, 4) is 0 Å². The first kappa shape index (κ1) is 12.6. The number of hydrogen-bond acceptors (Lipinski definition) is 3. The summed E-state index contributed by atoms with van der Waals surface area (Å²) < 4.78 is 1.94. The van der Waals surface area contributed by atoms with Gasteiger partial charge in [-0.3, -0.25) is 4.68 Å². The number of hydrogen-bond donors (Lipinski definition) is 2. The predicted octanol–water partition coefficient (Wildman–Crippen LogP) is 1.48. The van der Waals surface area contributed by atoms with Gasteiger partial charge in [-0.1, -0.05) is 18.2 Å². The third kappa shape index (κ3) is 2.26. The number of nitrogens with one attached hydrogen (secondary N) is 1. The standard InChI is InChI=1S/C15H21N3O/c1-18-14-5-3-2-4-12(14)13(17-18)10-15(11-19)6-8-16-9-7-15/h2-5,16,19H,6-11H2,1H3. The monoisotopic (exact) mass is 259 g/mol. The number of aryl methyl sites for hydroxylation is 1. The maximum atomic E-state index is 9.82. The number of benzene rings is 1. The van der Waals surface area contributed by atoms with Crippen molar-refractivity contribution >= 4 is 10.9 Å². The largest absolute Gasteiger partial charge is 0.396 e. The van der Waals surface area contributed by atoms with Crippen molar-refractivity contribution in [1.82, 2.24) is 15.1 Å². The second-order valence-corrected chi connectivity index (χ2v) is 5.67. The Morgan fingerprint density at radius 2 is 2.05 bits per heavy atom. The summed E-state index contributed by atoms with van der Waals surface area (Å²) in [7, 11) is 1.99. The maximum absolute atomic E-state index is 9.82. The molecule has 1 saturated heterocycles. The summed E-state index contributed by atoms with van der Waals surface area (Å²) in [6, 6.07) is 8.32. The molecule has 1 aromatic heterocycles. The van der Waals surface area contributed by atoms with Gasteiger partial charge in [-0.05, 0) is 32.0 Å². The van der Waals surface area contributed by atoms with E-state index in [4.69, 9.17) is 0 Å². The number of aromatic nitrogens is 2. The van der Waals surface area contributed by atoms with Crippen LogP contribution in [0.2, 0.25) is 0 Å². The van der Waals surface area contributed by atoms with Gasteiger partial charge in [0.15, 0.2) is 0 Å². The van der Waals surface area contributed by atoms with Gasteiger partial charge in [0.2, 0.25) is 0 Å². The Labute approximate surface area is 113 Å². The van der Waals surface area contributed by atoms with Gasteiger partial charge in [0, 0.05) is 30.9 Å². The fourth-order valence-corrected chi connectivity index (χ4v) is 3.12. The molecular formula is C15H21N3O. The van der Waals surface area contributed by atoms with E-state index in [2.05, 4.69) is 28.6 Å². The minimum absolute atomic E-state index is 0.00236. The lowest BCUT2D eigenvalue weighted by Gasteiger charge is -2.35. The van der Waals surface area contributed by atoms with Crippen LogP contribution in [0.4, 0.5) is 0 Å². The zero-order valence-corrected chi connectivity index (χ0v) is 11.4. The average molecular weight is 259 g/mol. The van der Waals surface area contributed by atoms with E-state index < -0.39 is 0 Å². The molecule has 0 saturated carbocycles. The number of aliphatic hydroxyl groups is 1. The van der Waals surface area contributed by atoms with E-state index in [1.807, 2.05) is 17.8 Å². The predicted molar refractivity (Wildman–Crippen MR) is 76.0 cm³/mol. The Balaban J connectivity index is 1.96. The number of nitrogens with zero attached hydrogens (tertiary/aromatic N) is 2. The fraction of sp³-hybridized carbons (Fsp3) is 0.533. The van der Waals surface area contributed by atoms with Gasteiger partial charge in [-0.25, -0.2) is 0 Å². The summed E-state index contributed by atoms with van der Waals surface area (Å²) in [5, 5.41) is 19.1. The van der Waals surface area contributed by atoms with Crippen LogP contribution in [0.15, 0.2) is 24.3 Å². The minimum atomic E-state index is 0.00236. The Bertz CT molecular complexity index is 570. The Kier molecular flexibility index (Phi) is 3.29. The van der Waals surface area contributed by atoms with Crippen LogP contribution < -0.4 is 5.32 Å². The summed E-state index contributed by atoms with van der Waals surface area (Å²) in [5.41, 5.74) is 2.29. The zero-order valence-electron chi connectivity index (χ0n) is 11.4. The molecule has 2 aromatic rings. The Hall–Kier alpha value is -1.39. The zero-order chi connectivity index (χ0) is 13.3. The van der Waals surface area contributed by atoms with Crippen LogP contribution in [0.5, 0.6) is 0 Å². The van der Waals surface area contributed by atoms with Crippen molar-refractivity contribution in [1.29, 1.82) is 0 Å². The average Bonchev–Trinajstić information content (AvgIpc) is 2.77. The highest BCUT2D eigenvalue weighted by molar-refractivity contribution is 5.81. The number of piperidine rings is 1. The number of rotatable bonds is 3. The van der Waals surface area contributed by atoms with Crippen molar-refractivity contribution in [2.45, 2.75) is 19.3 Å². The molecule has 4 nitrogen and oxygen atoms in total. The number of fused-ring (bicyclic) bond motifs is 1. The number of para-hydroxylation sites is 1. The lowest BCUT2D eigenvalue weighted by molar-refractivity contribution is 0.0885. The lowest BCUT2D eigenvalue weighted by atomic mass is 9.75. The molecule has 0 radical (unpaired) electrons. The third-order valence-electron chi connectivity index (χ3n) is 4.38. The van der Waals surface area contributed by atoms with Crippen molar-refractivity contribution in [3.05, 3.63) is 30.0 Å². The summed E-state index contributed by atoms with van der Waals surface area (Å²) >= 11 is 0. The molecule has 2 heterocycles. The molecule has 1 fully saturated rings. The smallest absolute Gasteiger partial charge is 0.0709 e. The highest BCUT2D eigenvalue weighted by Crippen LogP contribution is 2.34. The van der Waals surface area contributed by atoms with E-state index in [0.29, 0.717) is 0 Å². The quantitative estimate of drug-likeness (QED) is 0.878. The molecule has 102 valence electrons. The van der Waals surface area contributed by atoms with E-state index >= 15 is 0 Å². The molecule has 0 unspecified atom stereocenters. The van der Waals surface area contributed by atoms with Gasteiger partial charge >= 0.3 is 0 Å². The minimum Gasteiger partial charge on any atom is -0.396 e. The first-order valence-corrected chi connectivity index (χ1v) is 6.96. The van der Waals surface area contributed by atoms with Crippen LogP contribution >= 0.6 is 0 Å². The Morgan fingerprint density at radius 3 is 2.79 bits per heavy atom. The fourth-order valence-electron chi connectivity index (χ4n) is 3.12. The summed E-state index contributed by atoms with van der Waals surface area (Å²) in [4.78, 5) is 0. The van der Waals surface area contributed by atoms with Crippen LogP contribution in [-0.4, -0.2) is 34.6 Å². The van der Waals surface area contributed by atoms with Crippen LogP contribution in [0, 0.1) is 5.41 Å². The van der Waals surface area contributed by atoms with Gasteiger partial charge in [-0.15, -0.1) is 0 Å². The van der Waals surface area contributed by atoms with E-state index in [-0.39, 0.29) is 12.0 Å². The normalized spacial score (nSPS) is 18.8. The van der Waals surface area contributed by atoms with E-state index in [1.54, 1.807) is 0 Å². The van der Waals surface area contributed by atoms with Gasteiger partial charge in [0.05, 0.1) is 11.2 Å². The molecule has 0 aliphatic carbocycles. The van der Waals surface area contributed by atoms with Crippen LogP contribution in [0.3, 0.4) is 0 Å². The topological polar surface area (TPSA) is 50.1 Å². The summed E-state index contributed by atoms with van der Waals surface area (Å²) in [6.07, 6.45) is 2.91. The second kappa shape index (κ2) is 4.94. The molecule has 1 aromatic carbocycles. The molecule has 1 aliphatic heterocycles. The summed E-state index contributed by atoms with van der Waals surface area (Å²) in [5.74, 6) is 0. The van der Waals surface area contributed by atoms with Crippen LogP contribution in [-0.2, 0) is 13.5 Å². The van der Waals surface area contributed by atoms with E-state index in [9.17, 15) is 5.11 Å². The van der Waals surface area contributed by atoms with E-state index in [0.717, 1.165) is 38.0 Å². The highest BCUT2D eigenvalue weighted by atomic mass is 16.3. The van der Waals surface area contributed by atoms with Gasteiger partial charge < -0.3 is 10.4 Å². The molecule has 0 amide bonds. The van der Waals surface area contributed by atoms with Crippen molar-refractivity contribution in [2.24, 2.45) is 12.5 Å². The van der Waals surface area contributed by atoms with Crippen LogP contribution in [0.25, 0.3) is 10.9 Å². The van der Waals surface area contributed by atoms with E-state index in [1.165, 1.54) is 10.9 Å². The molecule has 19 heavy (non-hydrogen) atoms. The maximum Gasteiger partial charge on any atom is 0.0709 e. The molecule has 1 aliphatic rings. The second-order valence-electron chi connectivity index (χ2n) is 5.67.